The Balaban J connectivity index is 1.71. The second-order valence-electron chi connectivity index (χ2n) is 5.51. The Morgan fingerprint density at radius 2 is 1.88 bits per heavy atom. The number of ether oxygens (including phenoxy) is 1. The molecule has 0 aliphatic carbocycles. The molecule has 2 aromatic carbocycles. The van der Waals surface area contributed by atoms with Gasteiger partial charge in [-0.15, -0.1) is 0 Å². The van der Waals surface area contributed by atoms with Crippen molar-refractivity contribution in [2.24, 2.45) is 0 Å². The molecular weight excluding hydrogens is 309 g/mol. The number of rotatable bonds is 4. The number of carbonyl (C=O) groups excluding carboxylic acids is 2. The SMILES string of the molecule is O=C(/C=C/c1ccc(F)cc1)N1C(=O)OCC1Cc1ccccc1. The maximum atomic E-state index is 12.9. The first-order valence-corrected chi connectivity index (χ1v) is 7.61. The summed E-state index contributed by atoms with van der Waals surface area (Å²) in [6.45, 7) is 0.184. The highest BCUT2D eigenvalue weighted by Gasteiger charge is 2.36. The summed E-state index contributed by atoms with van der Waals surface area (Å²) in [7, 11) is 0. The van der Waals surface area contributed by atoms with Crippen LogP contribution in [0.1, 0.15) is 11.1 Å². The van der Waals surface area contributed by atoms with E-state index in [4.69, 9.17) is 4.74 Å². The number of halogens is 1. The Morgan fingerprint density at radius 3 is 2.58 bits per heavy atom. The maximum Gasteiger partial charge on any atom is 0.417 e. The van der Waals surface area contributed by atoms with Crippen molar-refractivity contribution in [3.8, 4) is 0 Å². The zero-order valence-electron chi connectivity index (χ0n) is 12.9. The third kappa shape index (κ3) is 3.68. The van der Waals surface area contributed by atoms with Gasteiger partial charge >= 0.3 is 6.09 Å². The number of amides is 2. The van der Waals surface area contributed by atoms with Crippen molar-refractivity contribution < 1.29 is 18.7 Å². The van der Waals surface area contributed by atoms with Crippen molar-refractivity contribution >= 4 is 18.1 Å². The van der Waals surface area contributed by atoms with Crippen molar-refractivity contribution in [1.29, 1.82) is 0 Å². The Hall–Kier alpha value is -2.95. The molecule has 2 amide bonds. The molecule has 0 N–H and O–H groups in total. The Bertz CT molecular complexity index is 756. The number of nitrogens with zero attached hydrogens (tertiary/aromatic N) is 1. The van der Waals surface area contributed by atoms with E-state index in [2.05, 4.69) is 0 Å². The van der Waals surface area contributed by atoms with Crippen LogP contribution in [0, 0.1) is 5.82 Å². The fourth-order valence-corrected chi connectivity index (χ4v) is 2.59. The molecule has 1 fully saturated rings. The fourth-order valence-electron chi connectivity index (χ4n) is 2.59. The number of cyclic esters (lactones) is 1. The van der Waals surface area contributed by atoms with Crippen LogP contribution in [-0.4, -0.2) is 29.5 Å². The third-order valence-electron chi connectivity index (χ3n) is 3.80. The third-order valence-corrected chi connectivity index (χ3v) is 3.80. The molecule has 1 saturated heterocycles. The predicted molar refractivity (Wildman–Crippen MR) is 87.6 cm³/mol. The molecule has 3 rings (SSSR count). The van der Waals surface area contributed by atoms with Crippen molar-refractivity contribution in [3.05, 3.63) is 77.6 Å². The van der Waals surface area contributed by atoms with Crippen LogP contribution < -0.4 is 0 Å². The zero-order chi connectivity index (χ0) is 16.9. The number of carbonyl (C=O) groups is 2. The van der Waals surface area contributed by atoms with Gasteiger partial charge in [-0.3, -0.25) is 4.79 Å². The van der Waals surface area contributed by atoms with Crippen LogP contribution in [-0.2, 0) is 16.0 Å². The number of benzene rings is 2. The summed E-state index contributed by atoms with van der Waals surface area (Å²) < 4.78 is 17.9. The van der Waals surface area contributed by atoms with Gasteiger partial charge in [0.25, 0.3) is 5.91 Å². The average Bonchev–Trinajstić information content (AvgIpc) is 2.95. The average molecular weight is 325 g/mol. The second kappa shape index (κ2) is 7.08. The van der Waals surface area contributed by atoms with Crippen molar-refractivity contribution in [2.45, 2.75) is 12.5 Å². The van der Waals surface area contributed by atoms with Crippen LogP contribution in [0.4, 0.5) is 9.18 Å². The van der Waals surface area contributed by atoms with Crippen molar-refractivity contribution in [2.75, 3.05) is 6.61 Å². The molecule has 122 valence electrons. The van der Waals surface area contributed by atoms with Gasteiger partial charge in [0.2, 0.25) is 0 Å². The molecule has 1 aliphatic rings. The fraction of sp³-hybridized carbons (Fsp3) is 0.158. The lowest BCUT2D eigenvalue weighted by Gasteiger charge is -2.18. The molecule has 1 atom stereocenters. The molecule has 2 aromatic rings. The molecule has 0 bridgehead atoms. The molecule has 0 aromatic heterocycles. The van der Waals surface area contributed by atoms with E-state index in [0.717, 1.165) is 10.5 Å². The van der Waals surface area contributed by atoms with Gasteiger partial charge in [-0.25, -0.2) is 14.1 Å². The van der Waals surface area contributed by atoms with E-state index in [0.29, 0.717) is 12.0 Å². The van der Waals surface area contributed by atoms with Gasteiger partial charge in [-0.1, -0.05) is 42.5 Å². The Kier molecular flexibility index (Phi) is 4.70. The summed E-state index contributed by atoms with van der Waals surface area (Å²) >= 11 is 0. The first-order chi connectivity index (χ1) is 11.6. The molecule has 24 heavy (non-hydrogen) atoms. The lowest BCUT2D eigenvalue weighted by Crippen LogP contribution is -2.39. The quantitative estimate of drug-likeness (QED) is 0.809. The molecule has 1 aliphatic heterocycles. The van der Waals surface area contributed by atoms with Gasteiger partial charge < -0.3 is 4.74 Å². The van der Waals surface area contributed by atoms with Gasteiger partial charge in [0.1, 0.15) is 12.4 Å². The number of hydrogen-bond acceptors (Lipinski definition) is 3. The topological polar surface area (TPSA) is 46.6 Å². The molecule has 4 nitrogen and oxygen atoms in total. The molecule has 1 heterocycles. The van der Waals surface area contributed by atoms with E-state index in [-0.39, 0.29) is 18.5 Å². The van der Waals surface area contributed by atoms with Gasteiger partial charge in [-0.05, 0) is 35.8 Å². The van der Waals surface area contributed by atoms with Gasteiger partial charge in [0, 0.05) is 6.08 Å². The molecule has 0 spiro atoms. The van der Waals surface area contributed by atoms with Gasteiger partial charge in [0.05, 0.1) is 6.04 Å². The lowest BCUT2D eigenvalue weighted by atomic mass is 10.1. The largest absolute Gasteiger partial charge is 0.447 e. The van der Waals surface area contributed by atoms with Crippen LogP contribution in [0.25, 0.3) is 6.08 Å². The highest BCUT2D eigenvalue weighted by molar-refractivity contribution is 6.02. The van der Waals surface area contributed by atoms with Crippen LogP contribution in [0.2, 0.25) is 0 Å². The lowest BCUT2D eigenvalue weighted by molar-refractivity contribution is -0.124. The zero-order valence-corrected chi connectivity index (χ0v) is 12.9. The highest BCUT2D eigenvalue weighted by atomic mass is 19.1. The number of imide groups is 1. The molecular formula is C19H16FNO3. The molecule has 5 heteroatoms. The van der Waals surface area contributed by atoms with Crippen LogP contribution >= 0.6 is 0 Å². The second-order valence-corrected chi connectivity index (χ2v) is 5.51. The summed E-state index contributed by atoms with van der Waals surface area (Å²) in [6, 6.07) is 15.0. The van der Waals surface area contributed by atoms with Crippen LogP contribution in [0.15, 0.2) is 60.7 Å². The Labute approximate surface area is 139 Å². The normalized spacial score (nSPS) is 17.3. The summed E-state index contributed by atoms with van der Waals surface area (Å²) in [5, 5.41) is 0. The smallest absolute Gasteiger partial charge is 0.417 e. The van der Waals surface area contributed by atoms with Gasteiger partial charge in [0.15, 0.2) is 0 Å². The van der Waals surface area contributed by atoms with Crippen LogP contribution in [0.5, 0.6) is 0 Å². The molecule has 0 saturated carbocycles. The molecule has 1 unspecified atom stereocenters. The minimum Gasteiger partial charge on any atom is -0.447 e. The first kappa shape index (κ1) is 15.9. The minimum atomic E-state index is -0.635. The van der Waals surface area contributed by atoms with E-state index < -0.39 is 12.0 Å². The predicted octanol–water partition coefficient (Wildman–Crippen LogP) is 3.43. The van der Waals surface area contributed by atoms with Crippen molar-refractivity contribution in [3.63, 3.8) is 0 Å². The summed E-state index contributed by atoms with van der Waals surface area (Å²) in [5.41, 5.74) is 1.71. The number of hydrogen-bond donors (Lipinski definition) is 0. The van der Waals surface area contributed by atoms with Gasteiger partial charge in [-0.2, -0.15) is 0 Å². The first-order valence-electron chi connectivity index (χ1n) is 7.61. The van der Waals surface area contributed by atoms with Crippen molar-refractivity contribution in [1.82, 2.24) is 4.90 Å². The minimum absolute atomic E-state index is 0.184. The van der Waals surface area contributed by atoms with Crippen LogP contribution in [0.3, 0.4) is 0 Å². The maximum absolute atomic E-state index is 12.9. The summed E-state index contributed by atoms with van der Waals surface area (Å²) in [4.78, 5) is 25.4. The summed E-state index contributed by atoms with van der Waals surface area (Å²) in [5.74, 6) is -0.785. The van der Waals surface area contributed by atoms with E-state index in [9.17, 15) is 14.0 Å². The monoisotopic (exact) mass is 325 g/mol. The van der Waals surface area contributed by atoms with E-state index in [1.807, 2.05) is 30.3 Å². The van der Waals surface area contributed by atoms with E-state index in [1.165, 1.54) is 18.2 Å². The standard InChI is InChI=1S/C19H16FNO3/c20-16-9-6-14(7-10-16)8-11-18(22)21-17(13-24-19(21)23)12-15-4-2-1-3-5-15/h1-11,17H,12-13H2/b11-8+. The van der Waals surface area contributed by atoms with E-state index >= 15 is 0 Å². The Morgan fingerprint density at radius 1 is 1.17 bits per heavy atom. The summed E-state index contributed by atoms with van der Waals surface area (Å²) in [6.07, 6.45) is 2.76. The molecule has 0 radical (unpaired) electrons. The van der Waals surface area contributed by atoms with E-state index in [1.54, 1.807) is 18.2 Å². The highest BCUT2D eigenvalue weighted by Crippen LogP contribution is 2.18.